The van der Waals surface area contributed by atoms with Crippen molar-refractivity contribution >= 4 is 23.0 Å². The molecule has 1 fully saturated rings. The van der Waals surface area contributed by atoms with Crippen LogP contribution >= 0.6 is 0 Å². The van der Waals surface area contributed by atoms with Gasteiger partial charge in [-0.05, 0) is 18.8 Å². The van der Waals surface area contributed by atoms with Gasteiger partial charge in [-0.25, -0.2) is 15.0 Å². The Morgan fingerprint density at radius 2 is 1.83 bits per heavy atom. The first-order valence-electron chi connectivity index (χ1n) is 7.82. The average molecular weight is 308 g/mol. The minimum Gasteiger partial charge on any atom is -0.396 e. The minimum atomic E-state index is 0.482. The smallest absolute Gasteiger partial charge is 0.150 e. The Morgan fingerprint density at radius 3 is 2.52 bits per heavy atom. The summed E-state index contributed by atoms with van der Waals surface area (Å²) in [5.41, 5.74) is 8.09. The van der Waals surface area contributed by atoms with Crippen molar-refractivity contribution in [3.8, 4) is 12.3 Å². The predicted octanol–water partition coefficient (Wildman–Crippen LogP) is 2.92. The quantitative estimate of drug-likeness (QED) is 0.753. The van der Waals surface area contributed by atoms with Crippen molar-refractivity contribution in [1.29, 1.82) is 0 Å². The summed E-state index contributed by atoms with van der Waals surface area (Å²) in [5.74, 6) is 3.69. The standard InChI is InChI=1S/C17H20N6/c1-2-12-9-20-17(11-19-12)23-16-8-15(14(18)10-21-16)22-13-6-4-3-5-7-13/h1,8-11,13H,3-7,18H2,(H2,20,21,22,23). The van der Waals surface area contributed by atoms with Crippen molar-refractivity contribution in [2.24, 2.45) is 0 Å². The van der Waals surface area contributed by atoms with E-state index >= 15 is 0 Å². The van der Waals surface area contributed by atoms with Crippen molar-refractivity contribution < 1.29 is 0 Å². The van der Waals surface area contributed by atoms with Crippen LogP contribution in [0.15, 0.2) is 24.7 Å². The van der Waals surface area contributed by atoms with Gasteiger partial charge in [-0.1, -0.05) is 19.3 Å². The molecule has 0 saturated heterocycles. The number of pyridine rings is 1. The molecule has 1 aliphatic carbocycles. The van der Waals surface area contributed by atoms with Crippen LogP contribution in [0.2, 0.25) is 0 Å². The number of nitrogens with zero attached hydrogens (tertiary/aromatic N) is 3. The van der Waals surface area contributed by atoms with Crippen LogP contribution in [0.1, 0.15) is 37.8 Å². The van der Waals surface area contributed by atoms with E-state index in [9.17, 15) is 0 Å². The van der Waals surface area contributed by atoms with Crippen LogP contribution in [0.4, 0.5) is 23.0 Å². The molecule has 1 saturated carbocycles. The third-order valence-electron chi connectivity index (χ3n) is 3.96. The molecule has 2 heterocycles. The van der Waals surface area contributed by atoms with Gasteiger partial charge in [0.1, 0.15) is 17.3 Å². The first-order valence-corrected chi connectivity index (χ1v) is 7.82. The van der Waals surface area contributed by atoms with Gasteiger partial charge in [-0.3, -0.25) is 0 Å². The van der Waals surface area contributed by atoms with Gasteiger partial charge in [-0.2, -0.15) is 0 Å². The molecule has 118 valence electrons. The van der Waals surface area contributed by atoms with E-state index in [2.05, 4.69) is 31.5 Å². The fraction of sp³-hybridized carbons (Fsp3) is 0.353. The van der Waals surface area contributed by atoms with E-state index in [0.29, 0.717) is 29.1 Å². The van der Waals surface area contributed by atoms with Gasteiger partial charge in [0, 0.05) is 12.1 Å². The first kappa shape index (κ1) is 15.1. The molecule has 4 N–H and O–H groups in total. The summed E-state index contributed by atoms with van der Waals surface area (Å²) >= 11 is 0. The van der Waals surface area contributed by atoms with Crippen LogP contribution in [-0.4, -0.2) is 21.0 Å². The molecule has 0 amide bonds. The fourth-order valence-electron chi connectivity index (χ4n) is 2.72. The zero-order chi connectivity index (χ0) is 16.1. The molecule has 1 aliphatic rings. The maximum atomic E-state index is 6.03. The van der Waals surface area contributed by atoms with Crippen LogP contribution in [0.25, 0.3) is 0 Å². The topological polar surface area (TPSA) is 88.8 Å². The molecule has 0 bridgehead atoms. The van der Waals surface area contributed by atoms with E-state index in [-0.39, 0.29) is 0 Å². The summed E-state index contributed by atoms with van der Waals surface area (Å²) in [5, 5.41) is 6.64. The van der Waals surface area contributed by atoms with Gasteiger partial charge >= 0.3 is 0 Å². The lowest BCUT2D eigenvalue weighted by molar-refractivity contribution is 0.463. The number of anilines is 4. The van der Waals surface area contributed by atoms with Gasteiger partial charge in [0.05, 0.1) is 30.0 Å². The summed E-state index contributed by atoms with van der Waals surface area (Å²) in [7, 11) is 0. The Kier molecular flexibility index (Phi) is 4.57. The number of nitrogens with one attached hydrogen (secondary N) is 2. The van der Waals surface area contributed by atoms with Crippen LogP contribution in [0.5, 0.6) is 0 Å². The highest BCUT2D eigenvalue weighted by molar-refractivity contribution is 5.70. The SMILES string of the molecule is C#Cc1cnc(Nc2cc(NC3CCCCC3)c(N)cn2)cn1. The van der Waals surface area contributed by atoms with E-state index in [1.54, 1.807) is 18.6 Å². The summed E-state index contributed by atoms with van der Waals surface area (Å²) in [6.45, 7) is 0. The van der Waals surface area contributed by atoms with Gasteiger partial charge in [-0.15, -0.1) is 6.42 Å². The van der Waals surface area contributed by atoms with Crippen molar-refractivity contribution in [2.75, 3.05) is 16.4 Å². The molecule has 2 aromatic rings. The maximum Gasteiger partial charge on any atom is 0.150 e. The number of hydrogen-bond acceptors (Lipinski definition) is 6. The lowest BCUT2D eigenvalue weighted by atomic mass is 9.95. The van der Waals surface area contributed by atoms with Crippen LogP contribution in [0, 0.1) is 12.3 Å². The average Bonchev–Trinajstić information content (AvgIpc) is 2.59. The minimum absolute atomic E-state index is 0.482. The first-order chi connectivity index (χ1) is 11.2. The number of rotatable bonds is 4. The van der Waals surface area contributed by atoms with Gasteiger partial charge < -0.3 is 16.4 Å². The molecule has 0 aromatic carbocycles. The van der Waals surface area contributed by atoms with Gasteiger partial charge in [0.15, 0.2) is 0 Å². The molecule has 0 atom stereocenters. The molecular weight excluding hydrogens is 288 g/mol. The summed E-state index contributed by atoms with van der Waals surface area (Å²) in [6.07, 6.45) is 16.3. The highest BCUT2D eigenvalue weighted by Crippen LogP contribution is 2.27. The second-order valence-electron chi connectivity index (χ2n) is 5.69. The molecule has 2 aromatic heterocycles. The number of nitrogens with two attached hydrogens (primary N) is 1. The third-order valence-corrected chi connectivity index (χ3v) is 3.96. The Hall–Kier alpha value is -2.81. The van der Waals surface area contributed by atoms with Crippen molar-refractivity contribution in [1.82, 2.24) is 15.0 Å². The zero-order valence-corrected chi connectivity index (χ0v) is 12.9. The van der Waals surface area contributed by atoms with E-state index in [1.807, 2.05) is 6.07 Å². The molecular formula is C17H20N6. The number of aromatic nitrogens is 3. The van der Waals surface area contributed by atoms with E-state index < -0.39 is 0 Å². The molecule has 0 spiro atoms. The highest BCUT2D eigenvalue weighted by Gasteiger charge is 2.14. The molecule has 6 nitrogen and oxygen atoms in total. The molecule has 6 heteroatoms. The number of hydrogen-bond donors (Lipinski definition) is 3. The molecule has 0 unspecified atom stereocenters. The summed E-state index contributed by atoms with van der Waals surface area (Å²) < 4.78 is 0. The van der Waals surface area contributed by atoms with E-state index in [4.69, 9.17) is 12.2 Å². The van der Waals surface area contributed by atoms with E-state index in [0.717, 1.165) is 5.69 Å². The zero-order valence-electron chi connectivity index (χ0n) is 12.9. The van der Waals surface area contributed by atoms with Crippen molar-refractivity contribution in [3.05, 3.63) is 30.4 Å². The third kappa shape index (κ3) is 3.89. The van der Waals surface area contributed by atoms with E-state index in [1.165, 1.54) is 32.1 Å². The predicted molar refractivity (Wildman–Crippen MR) is 92.4 cm³/mol. The molecule has 0 radical (unpaired) electrons. The van der Waals surface area contributed by atoms with Crippen LogP contribution in [-0.2, 0) is 0 Å². The Morgan fingerprint density at radius 1 is 1.04 bits per heavy atom. The lowest BCUT2D eigenvalue weighted by Crippen LogP contribution is -2.22. The summed E-state index contributed by atoms with van der Waals surface area (Å²) in [6, 6.07) is 2.39. The van der Waals surface area contributed by atoms with Gasteiger partial charge in [0.2, 0.25) is 0 Å². The monoisotopic (exact) mass is 308 g/mol. The Labute approximate surface area is 135 Å². The second kappa shape index (κ2) is 6.97. The Bertz CT molecular complexity index is 698. The fourth-order valence-corrected chi connectivity index (χ4v) is 2.72. The van der Waals surface area contributed by atoms with Crippen LogP contribution in [0.3, 0.4) is 0 Å². The lowest BCUT2D eigenvalue weighted by Gasteiger charge is -2.24. The van der Waals surface area contributed by atoms with Crippen LogP contribution < -0.4 is 16.4 Å². The molecule has 0 aliphatic heterocycles. The number of nitrogen functional groups attached to an aromatic ring is 1. The van der Waals surface area contributed by atoms with Crippen molar-refractivity contribution in [3.63, 3.8) is 0 Å². The summed E-state index contributed by atoms with van der Waals surface area (Å²) in [4.78, 5) is 12.6. The molecule has 3 rings (SSSR count). The van der Waals surface area contributed by atoms with Crippen molar-refractivity contribution in [2.45, 2.75) is 38.1 Å². The largest absolute Gasteiger partial charge is 0.396 e. The number of terminal acetylenes is 1. The Balaban J connectivity index is 1.72. The maximum absolute atomic E-state index is 6.03. The molecule has 23 heavy (non-hydrogen) atoms. The normalized spacial score (nSPS) is 14.9. The second-order valence-corrected chi connectivity index (χ2v) is 5.69. The highest BCUT2D eigenvalue weighted by atomic mass is 15.1. The van der Waals surface area contributed by atoms with Gasteiger partial charge in [0.25, 0.3) is 0 Å².